The summed E-state index contributed by atoms with van der Waals surface area (Å²) in [5, 5.41) is 10.2. The van der Waals surface area contributed by atoms with E-state index in [9.17, 15) is 13.5 Å². The van der Waals surface area contributed by atoms with Crippen molar-refractivity contribution in [3.05, 3.63) is 15.4 Å². The Morgan fingerprint density at radius 2 is 2.11 bits per heavy atom. The Morgan fingerprint density at radius 3 is 2.56 bits per heavy atom. The van der Waals surface area contributed by atoms with Gasteiger partial charge in [-0.3, -0.25) is 0 Å². The van der Waals surface area contributed by atoms with Crippen LogP contribution in [0.1, 0.15) is 18.4 Å². The van der Waals surface area contributed by atoms with Gasteiger partial charge in [-0.25, -0.2) is 8.42 Å². The van der Waals surface area contributed by atoms with Crippen LogP contribution < -0.4 is 0 Å². The standard InChI is InChI=1S/C11H14BrNO3S2/c1-7-4-9(17-10(7)12)18(15,16)13-5-11(14,6-13)8-2-3-8/h4,8,14H,2-3,5-6H2,1H3. The number of sulfonamides is 1. The van der Waals surface area contributed by atoms with Gasteiger partial charge in [0.05, 0.1) is 9.39 Å². The van der Waals surface area contributed by atoms with E-state index >= 15 is 0 Å². The molecule has 4 nitrogen and oxygen atoms in total. The maximum absolute atomic E-state index is 12.3. The van der Waals surface area contributed by atoms with E-state index in [0.717, 1.165) is 22.2 Å². The normalized spacial score (nSPS) is 23.9. The quantitative estimate of drug-likeness (QED) is 0.905. The summed E-state index contributed by atoms with van der Waals surface area (Å²) in [6.07, 6.45) is 2.04. The molecule has 2 aliphatic rings. The van der Waals surface area contributed by atoms with E-state index in [0.29, 0.717) is 10.1 Å². The molecule has 2 heterocycles. The second kappa shape index (κ2) is 4.02. The number of halogens is 1. The fourth-order valence-electron chi connectivity index (χ4n) is 2.30. The number of β-amino-alcohol motifs (C(OH)–C–C–N with tert-alkyl or cyclic N) is 1. The maximum atomic E-state index is 12.3. The first-order valence-electron chi connectivity index (χ1n) is 5.81. The molecule has 1 aromatic rings. The van der Waals surface area contributed by atoms with E-state index in [2.05, 4.69) is 15.9 Å². The van der Waals surface area contributed by atoms with Gasteiger partial charge in [-0.05, 0) is 53.2 Å². The summed E-state index contributed by atoms with van der Waals surface area (Å²) in [6.45, 7) is 2.36. The first-order valence-corrected chi connectivity index (χ1v) is 8.86. The van der Waals surface area contributed by atoms with Crippen LogP contribution in [0.25, 0.3) is 0 Å². The molecule has 1 saturated carbocycles. The fraction of sp³-hybridized carbons (Fsp3) is 0.636. The number of hydrogen-bond donors (Lipinski definition) is 1. The Bertz CT molecular complexity index is 566. The van der Waals surface area contributed by atoms with Crippen molar-refractivity contribution in [1.82, 2.24) is 4.31 Å². The highest BCUT2D eigenvalue weighted by Crippen LogP contribution is 2.46. The summed E-state index contributed by atoms with van der Waals surface area (Å²) >= 11 is 4.57. The molecule has 7 heteroatoms. The number of rotatable bonds is 3. The lowest BCUT2D eigenvalue weighted by molar-refractivity contribution is -0.0764. The molecule has 1 aliphatic heterocycles. The average molecular weight is 352 g/mol. The van der Waals surface area contributed by atoms with Crippen LogP contribution in [0.3, 0.4) is 0 Å². The average Bonchev–Trinajstić information content (AvgIpc) is 3.02. The molecule has 2 fully saturated rings. The summed E-state index contributed by atoms with van der Waals surface area (Å²) in [7, 11) is -3.42. The van der Waals surface area contributed by atoms with Crippen molar-refractivity contribution < 1.29 is 13.5 Å². The van der Waals surface area contributed by atoms with Gasteiger partial charge >= 0.3 is 0 Å². The second-order valence-electron chi connectivity index (χ2n) is 5.17. The SMILES string of the molecule is Cc1cc(S(=O)(=O)N2CC(O)(C3CC3)C2)sc1Br. The van der Waals surface area contributed by atoms with E-state index < -0.39 is 15.6 Å². The van der Waals surface area contributed by atoms with Crippen molar-refractivity contribution in [2.24, 2.45) is 5.92 Å². The second-order valence-corrected chi connectivity index (χ2v) is 9.71. The van der Waals surface area contributed by atoms with E-state index in [1.54, 1.807) is 6.07 Å². The Kier molecular flexibility index (Phi) is 2.92. The highest BCUT2D eigenvalue weighted by atomic mass is 79.9. The van der Waals surface area contributed by atoms with Crippen LogP contribution in [0.5, 0.6) is 0 Å². The van der Waals surface area contributed by atoms with Gasteiger partial charge in [0.1, 0.15) is 4.21 Å². The smallest absolute Gasteiger partial charge is 0.252 e. The number of nitrogens with zero attached hydrogens (tertiary/aromatic N) is 1. The summed E-state index contributed by atoms with van der Waals surface area (Å²) in [5.41, 5.74) is 0.160. The highest BCUT2D eigenvalue weighted by molar-refractivity contribution is 9.11. The predicted octanol–water partition coefficient (Wildman–Crippen LogP) is 1.96. The van der Waals surface area contributed by atoms with E-state index in [1.807, 2.05) is 6.92 Å². The molecule has 0 amide bonds. The molecule has 0 radical (unpaired) electrons. The van der Waals surface area contributed by atoms with Crippen LogP contribution in [0.2, 0.25) is 0 Å². The van der Waals surface area contributed by atoms with Crippen molar-refractivity contribution in [2.75, 3.05) is 13.1 Å². The Morgan fingerprint density at radius 1 is 1.50 bits per heavy atom. The summed E-state index contributed by atoms with van der Waals surface area (Å²) in [6, 6.07) is 1.68. The van der Waals surface area contributed by atoms with Crippen LogP contribution in [0.4, 0.5) is 0 Å². The number of hydrogen-bond acceptors (Lipinski definition) is 4. The lowest BCUT2D eigenvalue weighted by Gasteiger charge is -2.45. The molecule has 1 N–H and O–H groups in total. The molecule has 0 bridgehead atoms. The third-order valence-corrected chi connectivity index (χ3v) is 8.04. The third-order valence-electron chi connectivity index (χ3n) is 3.67. The van der Waals surface area contributed by atoms with E-state index in [-0.39, 0.29) is 13.1 Å². The minimum absolute atomic E-state index is 0.245. The van der Waals surface area contributed by atoms with Crippen molar-refractivity contribution in [1.29, 1.82) is 0 Å². The first kappa shape index (κ1) is 13.1. The molecule has 0 spiro atoms. The van der Waals surface area contributed by atoms with Gasteiger partial charge in [0, 0.05) is 13.1 Å². The van der Waals surface area contributed by atoms with Crippen LogP contribution in [0, 0.1) is 12.8 Å². The minimum Gasteiger partial charge on any atom is -0.387 e. The molecule has 1 aromatic heterocycles. The van der Waals surface area contributed by atoms with Crippen LogP contribution in [-0.2, 0) is 10.0 Å². The van der Waals surface area contributed by atoms with Gasteiger partial charge < -0.3 is 5.11 Å². The zero-order chi connectivity index (χ0) is 13.1. The zero-order valence-corrected chi connectivity index (χ0v) is 13.1. The van der Waals surface area contributed by atoms with Gasteiger partial charge in [-0.1, -0.05) is 0 Å². The van der Waals surface area contributed by atoms with Gasteiger partial charge in [-0.15, -0.1) is 11.3 Å². The first-order chi connectivity index (χ1) is 8.33. The third kappa shape index (κ3) is 1.96. The van der Waals surface area contributed by atoms with Gasteiger partial charge in [0.25, 0.3) is 10.0 Å². The molecule has 3 rings (SSSR count). The van der Waals surface area contributed by atoms with Crippen LogP contribution in [0.15, 0.2) is 14.1 Å². The predicted molar refractivity (Wildman–Crippen MR) is 73.2 cm³/mol. The van der Waals surface area contributed by atoms with Gasteiger partial charge in [0.2, 0.25) is 0 Å². The molecule has 0 aromatic carbocycles. The van der Waals surface area contributed by atoms with Crippen LogP contribution in [-0.4, -0.2) is 36.5 Å². The topological polar surface area (TPSA) is 57.6 Å². The van der Waals surface area contributed by atoms with Crippen molar-refractivity contribution in [3.8, 4) is 0 Å². The molecule has 1 saturated heterocycles. The molecule has 0 atom stereocenters. The Hall–Kier alpha value is 0.0500. The molecular formula is C11H14BrNO3S2. The lowest BCUT2D eigenvalue weighted by atomic mass is 9.91. The lowest BCUT2D eigenvalue weighted by Crippen LogP contribution is -2.64. The Balaban J connectivity index is 1.80. The molecular weight excluding hydrogens is 338 g/mol. The molecule has 0 unspecified atom stereocenters. The number of aryl methyl sites for hydroxylation is 1. The van der Waals surface area contributed by atoms with Crippen molar-refractivity contribution in [3.63, 3.8) is 0 Å². The van der Waals surface area contributed by atoms with E-state index in [1.165, 1.54) is 15.6 Å². The monoisotopic (exact) mass is 351 g/mol. The molecule has 100 valence electrons. The molecule has 1 aliphatic carbocycles. The summed E-state index contributed by atoms with van der Waals surface area (Å²) in [4.78, 5) is 0. The number of aliphatic hydroxyl groups is 1. The highest BCUT2D eigenvalue weighted by Gasteiger charge is 2.55. The van der Waals surface area contributed by atoms with Gasteiger partial charge in [-0.2, -0.15) is 4.31 Å². The van der Waals surface area contributed by atoms with Crippen molar-refractivity contribution >= 4 is 37.3 Å². The minimum atomic E-state index is -3.42. The van der Waals surface area contributed by atoms with Crippen LogP contribution >= 0.6 is 27.3 Å². The fourth-order valence-corrected chi connectivity index (χ4v) is 6.25. The summed E-state index contributed by atoms with van der Waals surface area (Å²) in [5.74, 6) is 0.306. The largest absolute Gasteiger partial charge is 0.387 e. The maximum Gasteiger partial charge on any atom is 0.252 e. The zero-order valence-electron chi connectivity index (χ0n) is 9.89. The number of thiophene rings is 1. The Labute approximate surface area is 119 Å². The summed E-state index contributed by atoms with van der Waals surface area (Å²) < 4.78 is 27.2. The van der Waals surface area contributed by atoms with Gasteiger partial charge in [0.15, 0.2) is 0 Å². The van der Waals surface area contributed by atoms with Crippen molar-refractivity contribution in [2.45, 2.75) is 29.6 Å². The van der Waals surface area contributed by atoms with E-state index in [4.69, 9.17) is 0 Å². The molecule has 18 heavy (non-hydrogen) atoms.